The van der Waals surface area contributed by atoms with E-state index in [1.54, 1.807) is 36.0 Å². The van der Waals surface area contributed by atoms with Crippen LogP contribution in [0.1, 0.15) is 17.3 Å². The molecule has 26 heavy (non-hydrogen) atoms. The zero-order valence-electron chi connectivity index (χ0n) is 14.4. The molecule has 0 spiro atoms. The summed E-state index contributed by atoms with van der Waals surface area (Å²) < 4.78 is 10.4. The number of halogens is 1. The summed E-state index contributed by atoms with van der Waals surface area (Å²) in [5.41, 5.74) is 0.458. The fraction of sp³-hybridized carbons (Fsp3) is 0.263. The Morgan fingerprint density at radius 2 is 1.77 bits per heavy atom. The molecule has 2 aromatic carbocycles. The highest BCUT2D eigenvalue weighted by Gasteiger charge is 2.09. The zero-order valence-corrected chi connectivity index (χ0v) is 15.9. The summed E-state index contributed by atoms with van der Waals surface area (Å²) in [5.74, 6) is 0.517. The van der Waals surface area contributed by atoms with Gasteiger partial charge in [0.1, 0.15) is 18.9 Å². The minimum Gasteiger partial charge on any atom is -0.494 e. The number of rotatable bonds is 9. The Labute approximate surface area is 162 Å². The van der Waals surface area contributed by atoms with Gasteiger partial charge in [-0.05, 0) is 55.5 Å². The molecule has 0 bridgehead atoms. The van der Waals surface area contributed by atoms with E-state index >= 15 is 0 Å². The van der Waals surface area contributed by atoms with Crippen LogP contribution in [0, 0.1) is 0 Å². The number of amides is 1. The van der Waals surface area contributed by atoms with Crippen LogP contribution < -0.4 is 10.1 Å². The van der Waals surface area contributed by atoms with E-state index in [4.69, 9.17) is 21.1 Å². The molecule has 0 aliphatic rings. The average Bonchev–Trinajstić information content (AvgIpc) is 2.65. The molecule has 2 aromatic rings. The van der Waals surface area contributed by atoms with Crippen molar-refractivity contribution in [3.63, 3.8) is 0 Å². The monoisotopic (exact) mass is 393 g/mol. The maximum absolute atomic E-state index is 12.0. The largest absolute Gasteiger partial charge is 0.494 e. The predicted molar refractivity (Wildman–Crippen MR) is 103 cm³/mol. The van der Waals surface area contributed by atoms with Crippen LogP contribution in [-0.4, -0.2) is 37.4 Å². The lowest BCUT2D eigenvalue weighted by molar-refractivity contribution is -0.141. The first kappa shape index (κ1) is 20.1. The van der Waals surface area contributed by atoms with E-state index in [1.165, 1.54) is 0 Å². The second-order valence-corrected chi connectivity index (χ2v) is 6.77. The molecule has 0 aliphatic heterocycles. The fourth-order valence-electron chi connectivity index (χ4n) is 2.02. The maximum atomic E-state index is 12.0. The van der Waals surface area contributed by atoms with Crippen LogP contribution in [0.4, 0.5) is 0 Å². The van der Waals surface area contributed by atoms with Gasteiger partial charge < -0.3 is 14.8 Å². The number of ether oxygens (including phenoxy) is 2. The quantitative estimate of drug-likeness (QED) is 0.398. The van der Waals surface area contributed by atoms with Gasteiger partial charge in [0.05, 0.1) is 6.61 Å². The fourth-order valence-corrected chi connectivity index (χ4v) is 2.88. The number of carbonyl (C=O) groups is 2. The normalized spacial score (nSPS) is 10.2. The van der Waals surface area contributed by atoms with Gasteiger partial charge in [0.15, 0.2) is 0 Å². The Hall–Kier alpha value is -2.18. The van der Waals surface area contributed by atoms with Gasteiger partial charge >= 0.3 is 5.97 Å². The molecule has 0 saturated carbocycles. The van der Waals surface area contributed by atoms with Crippen LogP contribution in [0.3, 0.4) is 0 Å². The molecule has 1 N–H and O–H groups in total. The minimum absolute atomic E-state index is 0.169. The number of thioether (sulfide) groups is 1. The van der Waals surface area contributed by atoms with E-state index in [1.807, 2.05) is 31.2 Å². The Morgan fingerprint density at radius 1 is 1.08 bits per heavy atom. The predicted octanol–water partition coefficient (Wildman–Crippen LogP) is 3.80. The Bertz CT molecular complexity index is 719. The highest BCUT2D eigenvalue weighted by molar-refractivity contribution is 7.99. The highest BCUT2D eigenvalue weighted by atomic mass is 35.5. The smallest absolute Gasteiger partial charge is 0.325 e. The first-order valence-electron chi connectivity index (χ1n) is 8.13. The lowest BCUT2D eigenvalue weighted by Crippen LogP contribution is -2.30. The van der Waals surface area contributed by atoms with Crippen molar-refractivity contribution < 1.29 is 19.1 Å². The molecule has 0 saturated heterocycles. The number of esters is 1. The molecule has 0 atom stereocenters. The molecule has 0 fully saturated rings. The molecule has 0 radical (unpaired) electrons. The maximum Gasteiger partial charge on any atom is 0.325 e. The molecule has 138 valence electrons. The van der Waals surface area contributed by atoms with E-state index in [0.29, 0.717) is 28.7 Å². The first-order chi connectivity index (χ1) is 12.6. The number of benzene rings is 2. The summed E-state index contributed by atoms with van der Waals surface area (Å²) in [7, 11) is 0. The molecule has 0 aliphatic carbocycles. The molecule has 7 heteroatoms. The third-order valence-electron chi connectivity index (χ3n) is 3.25. The summed E-state index contributed by atoms with van der Waals surface area (Å²) in [6.07, 6.45) is 0. The van der Waals surface area contributed by atoms with Crippen molar-refractivity contribution in [1.82, 2.24) is 5.32 Å². The average molecular weight is 394 g/mol. The van der Waals surface area contributed by atoms with Crippen molar-refractivity contribution in [3.8, 4) is 5.75 Å². The lowest BCUT2D eigenvalue weighted by atomic mass is 10.2. The molecular weight excluding hydrogens is 374 g/mol. The van der Waals surface area contributed by atoms with Gasteiger partial charge in [-0.3, -0.25) is 9.59 Å². The highest BCUT2D eigenvalue weighted by Crippen LogP contribution is 2.19. The molecule has 5 nitrogen and oxygen atoms in total. The van der Waals surface area contributed by atoms with Gasteiger partial charge in [0, 0.05) is 21.2 Å². The number of hydrogen-bond acceptors (Lipinski definition) is 5. The van der Waals surface area contributed by atoms with Crippen molar-refractivity contribution in [1.29, 1.82) is 0 Å². The number of carbonyl (C=O) groups excluding carboxylic acids is 2. The van der Waals surface area contributed by atoms with Crippen LogP contribution in [-0.2, 0) is 9.53 Å². The Balaban J connectivity index is 1.64. The van der Waals surface area contributed by atoms with Crippen molar-refractivity contribution in [2.24, 2.45) is 0 Å². The molecular formula is C19H20ClNO4S. The summed E-state index contributed by atoms with van der Waals surface area (Å²) in [6, 6.07) is 14.2. The third-order valence-corrected chi connectivity index (χ3v) is 4.48. The standard InChI is InChI=1S/C19H20ClNO4S/c1-2-24-16-7-3-14(4-8-16)19(23)21-13-18(22)25-11-12-26-17-9-5-15(20)6-10-17/h3-10H,2,11-13H2,1H3,(H,21,23). The van der Waals surface area contributed by atoms with Gasteiger partial charge in [-0.25, -0.2) is 0 Å². The van der Waals surface area contributed by atoms with Crippen molar-refractivity contribution in [3.05, 3.63) is 59.1 Å². The van der Waals surface area contributed by atoms with Crippen LogP contribution in [0.5, 0.6) is 5.75 Å². The summed E-state index contributed by atoms with van der Waals surface area (Å²) in [4.78, 5) is 24.7. The van der Waals surface area contributed by atoms with Gasteiger partial charge in [-0.1, -0.05) is 11.6 Å². The van der Waals surface area contributed by atoms with Crippen LogP contribution in [0.2, 0.25) is 5.02 Å². The van der Waals surface area contributed by atoms with Gasteiger partial charge in [0.2, 0.25) is 0 Å². The molecule has 0 unspecified atom stereocenters. The molecule has 1 amide bonds. The SMILES string of the molecule is CCOc1ccc(C(=O)NCC(=O)OCCSc2ccc(Cl)cc2)cc1. The van der Waals surface area contributed by atoms with E-state index in [9.17, 15) is 9.59 Å². The topological polar surface area (TPSA) is 64.6 Å². The van der Waals surface area contributed by atoms with Gasteiger partial charge in [-0.2, -0.15) is 0 Å². The lowest BCUT2D eigenvalue weighted by Gasteiger charge is -2.07. The van der Waals surface area contributed by atoms with E-state index < -0.39 is 5.97 Å². The second kappa shape index (κ2) is 10.7. The van der Waals surface area contributed by atoms with E-state index in [-0.39, 0.29) is 19.1 Å². The van der Waals surface area contributed by atoms with Crippen molar-refractivity contribution in [2.75, 3.05) is 25.5 Å². The zero-order chi connectivity index (χ0) is 18.8. The minimum atomic E-state index is -0.471. The number of nitrogens with one attached hydrogen (secondary N) is 1. The summed E-state index contributed by atoms with van der Waals surface area (Å²) in [5, 5.41) is 3.22. The van der Waals surface area contributed by atoms with E-state index in [0.717, 1.165) is 4.90 Å². The third kappa shape index (κ3) is 6.98. The molecule has 2 rings (SSSR count). The van der Waals surface area contributed by atoms with Crippen molar-refractivity contribution >= 4 is 35.2 Å². The second-order valence-electron chi connectivity index (χ2n) is 5.16. The van der Waals surface area contributed by atoms with Crippen LogP contribution in [0.15, 0.2) is 53.4 Å². The Kier molecular flexibility index (Phi) is 8.31. The van der Waals surface area contributed by atoms with Gasteiger partial charge in [-0.15, -0.1) is 11.8 Å². The Morgan fingerprint density at radius 3 is 2.42 bits per heavy atom. The molecule has 0 heterocycles. The van der Waals surface area contributed by atoms with Crippen LogP contribution in [0.25, 0.3) is 0 Å². The van der Waals surface area contributed by atoms with Gasteiger partial charge in [0.25, 0.3) is 5.91 Å². The summed E-state index contributed by atoms with van der Waals surface area (Å²) in [6.45, 7) is 2.55. The van der Waals surface area contributed by atoms with Crippen molar-refractivity contribution in [2.45, 2.75) is 11.8 Å². The first-order valence-corrected chi connectivity index (χ1v) is 9.50. The van der Waals surface area contributed by atoms with Crippen LogP contribution >= 0.6 is 23.4 Å². The molecule has 0 aromatic heterocycles. The number of hydrogen-bond donors (Lipinski definition) is 1. The summed E-state index contributed by atoms with van der Waals surface area (Å²) >= 11 is 7.38. The van der Waals surface area contributed by atoms with E-state index in [2.05, 4.69) is 5.32 Å².